The number of piperidine rings is 1. The number of nitrogens with one attached hydrogen (secondary N) is 1. The molecule has 9 heteroatoms. The quantitative estimate of drug-likeness (QED) is 0.303. The molecule has 0 aromatic carbocycles. The average molecular weight is 538 g/mol. The maximum absolute atomic E-state index is 12.0. The highest BCUT2D eigenvalue weighted by Gasteiger charge is 2.25. The van der Waals surface area contributed by atoms with Crippen molar-refractivity contribution in [1.82, 2.24) is 15.1 Å². The minimum atomic E-state index is 0. The van der Waals surface area contributed by atoms with Gasteiger partial charge in [-0.1, -0.05) is 0 Å². The molecular weight excluding hydrogens is 499 g/mol. The normalized spacial score (nSPS) is 25.7. The fourth-order valence-corrected chi connectivity index (χ4v) is 3.98. The lowest BCUT2D eigenvalue weighted by atomic mass is 10.1. The number of amides is 1. The van der Waals surface area contributed by atoms with Crippen molar-refractivity contribution in [2.75, 3.05) is 60.1 Å². The van der Waals surface area contributed by atoms with Gasteiger partial charge in [0.15, 0.2) is 5.96 Å². The largest absolute Gasteiger partial charge is 0.376 e. The van der Waals surface area contributed by atoms with Gasteiger partial charge in [-0.25, -0.2) is 4.99 Å². The average Bonchev–Trinajstić information content (AvgIpc) is 3.27. The fourth-order valence-electron chi connectivity index (χ4n) is 3.98. The maximum atomic E-state index is 12.0. The van der Waals surface area contributed by atoms with Crippen molar-refractivity contribution in [3.63, 3.8) is 0 Å². The van der Waals surface area contributed by atoms with Crippen LogP contribution in [0.15, 0.2) is 4.99 Å². The molecule has 0 spiro atoms. The minimum absolute atomic E-state index is 0. The summed E-state index contributed by atoms with van der Waals surface area (Å²) >= 11 is 0. The highest BCUT2D eigenvalue weighted by atomic mass is 127. The van der Waals surface area contributed by atoms with Crippen LogP contribution in [0.25, 0.3) is 0 Å². The SMILES string of the molecule is CN(C)C(=O)CN=C(NCC1CCCO1)N1CCC(OCC2CCCCO2)CC1.I. The number of likely N-dealkylation sites (tertiary alicyclic amines) is 1. The summed E-state index contributed by atoms with van der Waals surface area (Å²) < 4.78 is 17.6. The lowest BCUT2D eigenvalue weighted by molar-refractivity contribution is -0.127. The zero-order valence-corrected chi connectivity index (χ0v) is 20.8. The Labute approximate surface area is 198 Å². The van der Waals surface area contributed by atoms with Crippen LogP contribution in [-0.2, 0) is 19.0 Å². The molecule has 2 unspecified atom stereocenters. The molecule has 0 saturated carbocycles. The third-order valence-electron chi connectivity index (χ3n) is 5.91. The molecule has 0 radical (unpaired) electrons. The van der Waals surface area contributed by atoms with Crippen LogP contribution >= 0.6 is 24.0 Å². The molecule has 3 aliphatic rings. The van der Waals surface area contributed by atoms with Crippen molar-refractivity contribution in [1.29, 1.82) is 0 Å². The van der Waals surface area contributed by atoms with Crippen LogP contribution in [0.4, 0.5) is 0 Å². The summed E-state index contributed by atoms with van der Waals surface area (Å²) in [6, 6.07) is 0. The van der Waals surface area contributed by atoms with Crippen LogP contribution in [-0.4, -0.2) is 100 Å². The fraction of sp³-hybridized carbons (Fsp3) is 0.905. The summed E-state index contributed by atoms with van der Waals surface area (Å²) in [5.41, 5.74) is 0. The zero-order chi connectivity index (χ0) is 20.5. The van der Waals surface area contributed by atoms with Crippen LogP contribution in [0, 0.1) is 0 Å². The molecule has 8 nitrogen and oxygen atoms in total. The topological polar surface area (TPSA) is 75.6 Å². The van der Waals surface area contributed by atoms with E-state index in [4.69, 9.17) is 14.2 Å². The van der Waals surface area contributed by atoms with Gasteiger partial charge in [-0.05, 0) is 44.9 Å². The molecule has 174 valence electrons. The highest BCUT2D eigenvalue weighted by molar-refractivity contribution is 14.0. The van der Waals surface area contributed by atoms with E-state index in [1.54, 1.807) is 19.0 Å². The summed E-state index contributed by atoms with van der Waals surface area (Å²) in [7, 11) is 3.52. The molecule has 3 rings (SSSR count). The number of rotatable bonds is 7. The van der Waals surface area contributed by atoms with Gasteiger partial charge in [0.2, 0.25) is 5.91 Å². The Hall–Kier alpha value is -0.650. The number of hydrogen-bond acceptors (Lipinski definition) is 5. The predicted octanol–water partition coefficient (Wildman–Crippen LogP) is 1.87. The van der Waals surface area contributed by atoms with Crippen molar-refractivity contribution in [3.8, 4) is 0 Å². The van der Waals surface area contributed by atoms with Gasteiger partial charge in [-0.15, -0.1) is 24.0 Å². The second-order valence-electron chi connectivity index (χ2n) is 8.45. The summed E-state index contributed by atoms with van der Waals surface area (Å²) in [6.45, 7) is 5.08. The van der Waals surface area contributed by atoms with Crippen LogP contribution < -0.4 is 5.32 Å². The Morgan fingerprint density at radius 1 is 1.07 bits per heavy atom. The summed E-state index contributed by atoms with van der Waals surface area (Å²) in [4.78, 5) is 20.4. The molecule has 0 bridgehead atoms. The number of likely N-dealkylation sites (N-methyl/N-ethyl adjacent to an activating group) is 1. The standard InChI is InChI=1S/C21H38N4O4.HI/c1-24(2)20(26)15-23-21(22-14-18-7-5-13-27-18)25-10-8-17(9-11-25)29-16-19-6-3-4-12-28-19;/h17-19H,3-16H2,1-2H3,(H,22,23);1H. The summed E-state index contributed by atoms with van der Waals surface area (Å²) in [5, 5.41) is 3.44. The first-order chi connectivity index (χ1) is 14.1. The van der Waals surface area contributed by atoms with Gasteiger partial charge in [-0.3, -0.25) is 4.79 Å². The molecule has 0 aliphatic carbocycles. The van der Waals surface area contributed by atoms with Gasteiger partial charge < -0.3 is 29.3 Å². The molecule has 3 aliphatic heterocycles. The van der Waals surface area contributed by atoms with E-state index < -0.39 is 0 Å². The first-order valence-electron chi connectivity index (χ1n) is 11.2. The zero-order valence-electron chi connectivity index (χ0n) is 18.5. The Morgan fingerprint density at radius 3 is 2.40 bits per heavy atom. The van der Waals surface area contributed by atoms with Gasteiger partial charge in [-0.2, -0.15) is 0 Å². The van der Waals surface area contributed by atoms with E-state index in [1.807, 2.05) is 0 Å². The molecule has 1 amide bonds. The van der Waals surface area contributed by atoms with E-state index in [-0.39, 0.29) is 54.7 Å². The Kier molecular flexibility index (Phi) is 11.7. The second-order valence-corrected chi connectivity index (χ2v) is 8.45. The molecular formula is C21H39IN4O4. The first-order valence-corrected chi connectivity index (χ1v) is 11.2. The lowest BCUT2D eigenvalue weighted by Gasteiger charge is -2.35. The first kappa shape index (κ1) is 25.6. The van der Waals surface area contributed by atoms with Gasteiger partial charge in [0.25, 0.3) is 0 Å². The van der Waals surface area contributed by atoms with Crippen LogP contribution in [0.2, 0.25) is 0 Å². The molecule has 3 fully saturated rings. The van der Waals surface area contributed by atoms with E-state index >= 15 is 0 Å². The van der Waals surface area contributed by atoms with Gasteiger partial charge in [0.05, 0.1) is 24.9 Å². The van der Waals surface area contributed by atoms with Crippen molar-refractivity contribution in [2.45, 2.75) is 63.3 Å². The summed E-state index contributed by atoms with van der Waals surface area (Å²) in [6.07, 6.45) is 8.44. The number of nitrogens with zero attached hydrogens (tertiary/aromatic N) is 3. The van der Waals surface area contributed by atoms with Crippen molar-refractivity contribution in [3.05, 3.63) is 0 Å². The molecule has 3 saturated heterocycles. The predicted molar refractivity (Wildman–Crippen MR) is 128 cm³/mol. The van der Waals surface area contributed by atoms with Crippen molar-refractivity contribution >= 4 is 35.8 Å². The van der Waals surface area contributed by atoms with Crippen LogP contribution in [0.3, 0.4) is 0 Å². The third kappa shape index (κ3) is 8.47. The highest BCUT2D eigenvalue weighted by Crippen LogP contribution is 2.18. The van der Waals surface area contributed by atoms with E-state index in [1.165, 1.54) is 12.8 Å². The van der Waals surface area contributed by atoms with Gasteiger partial charge in [0, 0.05) is 46.9 Å². The summed E-state index contributed by atoms with van der Waals surface area (Å²) in [5.74, 6) is 0.817. The number of carbonyl (C=O) groups excluding carboxylic acids is 1. The van der Waals surface area contributed by atoms with Gasteiger partial charge >= 0.3 is 0 Å². The lowest BCUT2D eigenvalue weighted by Crippen LogP contribution is -2.49. The van der Waals surface area contributed by atoms with Crippen molar-refractivity contribution < 1.29 is 19.0 Å². The van der Waals surface area contributed by atoms with Crippen LogP contribution in [0.1, 0.15) is 44.9 Å². The van der Waals surface area contributed by atoms with Crippen LogP contribution in [0.5, 0.6) is 0 Å². The minimum Gasteiger partial charge on any atom is -0.376 e. The van der Waals surface area contributed by atoms with Crippen molar-refractivity contribution in [2.24, 2.45) is 4.99 Å². The number of halogens is 1. The number of hydrogen-bond donors (Lipinski definition) is 1. The molecule has 0 aromatic rings. The van der Waals surface area contributed by atoms with E-state index in [2.05, 4.69) is 15.2 Å². The number of aliphatic imine (C=N–C) groups is 1. The monoisotopic (exact) mass is 538 g/mol. The molecule has 1 N–H and O–H groups in total. The Bertz CT molecular complexity index is 529. The smallest absolute Gasteiger partial charge is 0.243 e. The number of ether oxygens (including phenoxy) is 3. The second kappa shape index (κ2) is 13.7. The van der Waals surface area contributed by atoms with E-state index in [0.29, 0.717) is 6.61 Å². The number of guanidine groups is 1. The Balaban J connectivity index is 0.00000320. The Morgan fingerprint density at radius 2 is 1.77 bits per heavy atom. The molecule has 3 heterocycles. The molecule has 0 aromatic heterocycles. The van der Waals surface area contributed by atoms with E-state index in [0.717, 1.165) is 70.9 Å². The van der Waals surface area contributed by atoms with E-state index in [9.17, 15) is 4.79 Å². The molecule has 2 atom stereocenters. The molecule has 30 heavy (non-hydrogen) atoms. The van der Waals surface area contributed by atoms with Gasteiger partial charge in [0.1, 0.15) is 6.54 Å². The number of carbonyl (C=O) groups is 1. The third-order valence-corrected chi connectivity index (χ3v) is 5.91. The maximum Gasteiger partial charge on any atom is 0.243 e.